The lowest BCUT2D eigenvalue weighted by Gasteiger charge is -2.37. The SMILES string of the molecule is CCNC(=O)CN(C)C(=O)C1(C(N)=S)CCOCC1. The van der Waals surface area contributed by atoms with E-state index in [-0.39, 0.29) is 23.3 Å². The zero-order chi connectivity index (χ0) is 14.5. The average Bonchev–Trinajstić information content (AvgIpc) is 2.38. The lowest BCUT2D eigenvalue weighted by molar-refractivity contribution is -0.143. The first-order valence-corrected chi connectivity index (χ1v) is 6.75. The van der Waals surface area contributed by atoms with Crippen LogP contribution in [0, 0.1) is 5.41 Å². The number of hydrogen-bond donors (Lipinski definition) is 2. The van der Waals surface area contributed by atoms with Crippen LogP contribution >= 0.6 is 12.2 Å². The van der Waals surface area contributed by atoms with Gasteiger partial charge in [0.05, 0.1) is 11.5 Å². The van der Waals surface area contributed by atoms with Crippen molar-refractivity contribution in [3.8, 4) is 0 Å². The first kappa shape index (κ1) is 15.8. The van der Waals surface area contributed by atoms with Gasteiger partial charge in [-0.3, -0.25) is 9.59 Å². The molecule has 1 saturated heterocycles. The number of rotatable bonds is 5. The highest BCUT2D eigenvalue weighted by Gasteiger charge is 2.44. The quantitative estimate of drug-likeness (QED) is 0.676. The summed E-state index contributed by atoms with van der Waals surface area (Å²) in [7, 11) is 1.59. The van der Waals surface area contributed by atoms with Crippen molar-refractivity contribution in [3.63, 3.8) is 0 Å². The Kier molecular flexibility index (Phi) is 5.68. The fourth-order valence-corrected chi connectivity index (χ4v) is 2.48. The predicted molar refractivity (Wildman–Crippen MR) is 75.6 cm³/mol. The van der Waals surface area contributed by atoms with Crippen molar-refractivity contribution in [2.45, 2.75) is 19.8 Å². The Hall–Kier alpha value is -1.21. The smallest absolute Gasteiger partial charge is 0.239 e. The summed E-state index contributed by atoms with van der Waals surface area (Å²) in [5.74, 6) is -0.391. The maximum Gasteiger partial charge on any atom is 0.239 e. The second-order valence-corrected chi connectivity index (χ2v) is 5.11. The van der Waals surface area contributed by atoms with Gasteiger partial charge in [-0.1, -0.05) is 12.2 Å². The fourth-order valence-electron chi connectivity index (χ4n) is 2.19. The molecular formula is C12H21N3O3S. The van der Waals surface area contributed by atoms with E-state index >= 15 is 0 Å². The molecule has 1 aliphatic heterocycles. The standard InChI is InChI=1S/C12H21N3O3S/c1-3-14-9(16)8-15(2)11(17)12(10(13)19)4-6-18-7-5-12/h3-8H2,1-2H3,(H2,13,19)(H,14,16). The number of carbonyl (C=O) groups is 2. The monoisotopic (exact) mass is 287 g/mol. The van der Waals surface area contributed by atoms with E-state index < -0.39 is 5.41 Å². The molecule has 0 bridgehead atoms. The third-order valence-corrected chi connectivity index (χ3v) is 3.72. The van der Waals surface area contributed by atoms with Gasteiger partial charge in [0.25, 0.3) is 0 Å². The topological polar surface area (TPSA) is 84.7 Å². The van der Waals surface area contributed by atoms with E-state index in [1.807, 2.05) is 6.92 Å². The van der Waals surface area contributed by atoms with E-state index in [2.05, 4.69) is 5.32 Å². The number of nitrogens with one attached hydrogen (secondary N) is 1. The summed E-state index contributed by atoms with van der Waals surface area (Å²) in [6.45, 7) is 3.29. The summed E-state index contributed by atoms with van der Waals surface area (Å²) in [4.78, 5) is 25.6. The Morgan fingerprint density at radius 2 is 2.00 bits per heavy atom. The summed E-state index contributed by atoms with van der Waals surface area (Å²) >= 11 is 5.06. The number of likely N-dealkylation sites (N-methyl/N-ethyl adjacent to an activating group) is 2. The summed E-state index contributed by atoms with van der Waals surface area (Å²) in [5, 5.41) is 2.65. The molecule has 1 rings (SSSR count). The lowest BCUT2D eigenvalue weighted by atomic mass is 9.78. The number of nitrogens with zero attached hydrogens (tertiary/aromatic N) is 1. The minimum absolute atomic E-state index is 0.0118. The summed E-state index contributed by atoms with van der Waals surface area (Å²) in [6, 6.07) is 0. The molecule has 1 heterocycles. The van der Waals surface area contributed by atoms with Crippen molar-refractivity contribution in [2.75, 3.05) is 33.4 Å². The molecule has 0 spiro atoms. The third kappa shape index (κ3) is 3.63. The van der Waals surface area contributed by atoms with Gasteiger partial charge in [0.15, 0.2) is 0 Å². The average molecular weight is 287 g/mol. The zero-order valence-electron chi connectivity index (χ0n) is 11.4. The van der Waals surface area contributed by atoms with E-state index in [0.717, 1.165) is 0 Å². The molecule has 1 fully saturated rings. The van der Waals surface area contributed by atoms with Crippen molar-refractivity contribution in [2.24, 2.45) is 11.1 Å². The normalized spacial score (nSPS) is 17.6. The Labute approximate surface area is 118 Å². The van der Waals surface area contributed by atoms with E-state index in [0.29, 0.717) is 32.6 Å². The molecule has 7 heteroatoms. The first-order valence-electron chi connectivity index (χ1n) is 6.34. The summed E-state index contributed by atoms with van der Waals surface area (Å²) in [5.41, 5.74) is 4.89. The van der Waals surface area contributed by atoms with Gasteiger partial charge in [-0.25, -0.2) is 0 Å². The van der Waals surface area contributed by atoms with Crippen LogP contribution in [-0.4, -0.2) is 55.1 Å². The molecule has 2 amide bonds. The fraction of sp³-hybridized carbons (Fsp3) is 0.750. The number of amides is 2. The number of carbonyl (C=O) groups excluding carboxylic acids is 2. The van der Waals surface area contributed by atoms with Gasteiger partial charge in [-0.05, 0) is 19.8 Å². The summed E-state index contributed by atoms with van der Waals surface area (Å²) in [6.07, 6.45) is 0.946. The third-order valence-electron chi connectivity index (χ3n) is 3.33. The highest BCUT2D eigenvalue weighted by atomic mass is 32.1. The van der Waals surface area contributed by atoms with E-state index in [1.165, 1.54) is 4.90 Å². The van der Waals surface area contributed by atoms with Gasteiger partial charge < -0.3 is 20.7 Å². The first-order chi connectivity index (χ1) is 8.94. The van der Waals surface area contributed by atoms with Crippen molar-refractivity contribution >= 4 is 29.0 Å². The minimum atomic E-state index is -0.866. The number of hydrogen-bond acceptors (Lipinski definition) is 4. The molecule has 0 radical (unpaired) electrons. The zero-order valence-corrected chi connectivity index (χ0v) is 12.2. The molecule has 0 saturated carbocycles. The maximum absolute atomic E-state index is 12.5. The van der Waals surface area contributed by atoms with Crippen molar-refractivity contribution < 1.29 is 14.3 Å². The predicted octanol–water partition coefficient (Wildman–Crippen LogP) is -0.336. The maximum atomic E-state index is 12.5. The Morgan fingerprint density at radius 1 is 1.42 bits per heavy atom. The minimum Gasteiger partial charge on any atom is -0.392 e. The van der Waals surface area contributed by atoms with Gasteiger partial charge in [0.2, 0.25) is 11.8 Å². The highest BCUT2D eigenvalue weighted by Crippen LogP contribution is 2.32. The Balaban J connectivity index is 2.76. The molecule has 6 nitrogen and oxygen atoms in total. The second kappa shape index (κ2) is 6.81. The Bertz CT molecular complexity index is 367. The van der Waals surface area contributed by atoms with Crippen LogP contribution < -0.4 is 11.1 Å². The van der Waals surface area contributed by atoms with E-state index in [4.69, 9.17) is 22.7 Å². The van der Waals surface area contributed by atoms with Crippen LogP contribution in [0.1, 0.15) is 19.8 Å². The number of ether oxygens (including phenoxy) is 1. The van der Waals surface area contributed by atoms with Gasteiger partial charge in [0.1, 0.15) is 5.41 Å². The molecule has 3 N–H and O–H groups in total. The molecule has 0 aromatic heterocycles. The number of nitrogens with two attached hydrogens (primary N) is 1. The molecular weight excluding hydrogens is 266 g/mol. The van der Waals surface area contributed by atoms with Crippen LogP contribution in [0.5, 0.6) is 0 Å². The van der Waals surface area contributed by atoms with Crippen LogP contribution in [0.4, 0.5) is 0 Å². The molecule has 0 aromatic rings. The van der Waals surface area contributed by atoms with E-state index in [1.54, 1.807) is 7.05 Å². The highest BCUT2D eigenvalue weighted by molar-refractivity contribution is 7.80. The second-order valence-electron chi connectivity index (χ2n) is 4.67. The van der Waals surface area contributed by atoms with Crippen LogP contribution in [-0.2, 0) is 14.3 Å². The van der Waals surface area contributed by atoms with Crippen LogP contribution in [0.15, 0.2) is 0 Å². The molecule has 0 aromatic carbocycles. The Morgan fingerprint density at radius 3 is 2.47 bits per heavy atom. The van der Waals surface area contributed by atoms with Gasteiger partial charge in [-0.15, -0.1) is 0 Å². The molecule has 19 heavy (non-hydrogen) atoms. The molecule has 0 atom stereocenters. The van der Waals surface area contributed by atoms with Gasteiger partial charge in [0, 0.05) is 26.8 Å². The molecule has 0 aliphatic carbocycles. The van der Waals surface area contributed by atoms with Crippen LogP contribution in [0.3, 0.4) is 0 Å². The molecule has 0 unspecified atom stereocenters. The van der Waals surface area contributed by atoms with Crippen molar-refractivity contribution in [3.05, 3.63) is 0 Å². The van der Waals surface area contributed by atoms with Crippen molar-refractivity contribution in [1.29, 1.82) is 0 Å². The van der Waals surface area contributed by atoms with Crippen LogP contribution in [0.2, 0.25) is 0 Å². The largest absolute Gasteiger partial charge is 0.392 e. The van der Waals surface area contributed by atoms with Crippen LogP contribution in [0.25, 0.3) is 0 Å². The van der Waals surface area contributed by atoms with Gasteiger partial charge in [-0.2, -0.15) is 0 Å². The number of thiocarbonyl (C=S) groups is 1. The lowest BCUT2D eigenvalue weighted by Crippen LogP contribution is -2.53. The van der Waals surface area contributed by atoms with E-state index in [9.17, 15) is 9.59 Å². The molecule has 1 aliphatic rings. The molecule has 108 valence electrons. The summed E-state index contributed by atoms with van der Waals surface area (Å²) < 4.78 is 5.26. The van der Waals surface area contributed by atoms with Crippen molar-refractivity contribution in [1.82, 2.24) is 10.2 Å². The van der Waals surface area contributed by atoms with Gasteiger partial charge >= 0.3 is 0 Å².